The molecule has 7 heteroatoms. The molecule has 0 bridgehead atoms. The highest BCUT2D eigenvalue weighted by Crippen LogP contribution is 2.34. The quantitative estimate of drug-likeness (QED) is 0.814. The van der Waals surface area contributed by atoms with Crippen LogP contribution in [0.1, 0.15) is 22.7 Å². The van der Waals surface area contributed by atoms with Crippen LogP contribution in [0.15, 0.2) is 33.9 Å². The lowest BCUT2D eigenvalue weighted by atomic mass is 10.1. The Morgan fingerprint density at radius 3 is 2.65 bits per heavy atom. The monoisotopic (exact) mass is 312 g/mol. The molecule has 2 aromatic rings. The van der Waals surface area contributed by atoms with Crippen LogP contribution in [0.2, 0.25) is 0 Å². The Bertz CT molecular complexity index is 936. The van der Waals surface area contributed by atoms with E-state index >= 15 is 0 Å². The van der Waals surface area contributed by atoms with Crippen molar-refractivity contribution in [2.75, 3.05) is 5.32 Å². The van der Waals surface area contributed by atoms with Crippen molar-refractivity contribution in [3.63, 3.8) is 0 Å². The summed E-state index contributed by atoms with van der Waals surface area (Å²) in [4.78, 5) is 24.2. The molecule has 1 aromatic carbocycles. The van der Waals surface area contributed by atoms with Gasteiger partial charge in [-0.15, -0.1) is 0 Å². The average Bonchev–Trinajstić information content (AvgIpc) is 2.86. The van der Waals surface area contributed by atoms with Crippen LogP contribution in [-0.2, 0) is 20.5 Å². The van der Waals surface area contributed by atoms with Crippen molar-refractivity contribution in [2.24, 2.45) is 14.1 Å². The van der Waals surface area contributed by atoms with E-state index in [1.54, 1.807) is 0 Å². The van der Waals surface area contributed by atoms with Gasteiger partial charge in [0.15, 0.2) is 5.56 Å². The number of nitrogens with one attached hydrogen (secondary N) is 1. The highest BCUT2D eigenvalue weighted by Gasteiger charge is 2.32. The third-order valence-electron chi connectivity index (χ3n) is 4.27. The Kier molecular flexibility index (Phi) is 3.54. The number of aliphatic hydroxyl groups is 1. The van der Waals surface area contributed by atoms with Crippen molar-refractivity contribution < 1.29 is 5.11 Å². The molecule has 0 radical (unpaired) electrons. The lowest BCUT2D eigenvalue weighted by Crippen LogP contribution is -2.40. The van der Waals surface area contributed by atoms with Crippen LogP contribution in [0.3, 0.4) is 0 Å². The van der Waals surface area contributed by atoms with Gasteiger partial charge >= 0.3 is 5.69 Å². The first kappa shape index (κ1) is 15.1. The Morgan fingerprint density at radius 2 is 1.96 bits per heavy atom. The summed E-state index contributed by atoms with van der Waals surface area (Å²) in [5.41, 5.74) is 0.573. The number of benzene rings is 1. The molecular formula is C16H16N4O3. The lowest BCUT2D eigenvalue weighted by molar-refractivity contribution is 0.165. The predicted molar refractivity (Wildman–Crippen MR) is 84.2 cm³/mol. The first-order valence-electron chi connectivity index (χ1n) is 7.18. The maximum absolute atomic E-state index is 12.1. The number of hydrogen-bond acceptors (Lipinski definition) is 5. The van der Waals surface area contributed by atoms with Crippen molar-refractivity contribution in [3.05, 3.63) is 61.8 Å². The van der Waals surface area contributed by atoms with Crippen LogP contribution < -0.4 is 16.6 Å². The van der Waals surface area contributed by atoms with Gasteiger partial charge in [0.1, 0.15) is 11.9 Å². The van der Waals surface area contributed by atoms with Crippen molar-refractivity contribution in [1.29, 1.82) is 5.26 Å². The normalized spacial score (nSPS) is 19.2. The summed E-state index contributed by atoms with van der Waals surface area (Å²) in [5, 5.41) is 22.6. The number of anilines is 1. The van der Waals surface area contributed by atoms with Gasteiger partial charge in [-0.25, -0.2) is 4.79 Å². The summed E-state index contributed by atoms with van der Waals surface area (Å²) in [5.74, 6) is 0.126. The van der Waals surface area contributed by atoms with Crippen LogP contribution >= 0.6 is 0 Å². The van der Waals surface area contributed by atoms with Gasteiger partial charge in [0.05, 0.1) is 12.1 Å². The van der Waals surface area contributed by atoms with E-state index in [-0.39, 0.29) is 11.4 Å². The second kappa shape index (κ2) is 5.41. The third-order valence-corrected chi connectivity index (χ3v) is 4.27. The number of rotatable bonds is 2. The van der Waals surface area contributed by atoms with E-state index < -0.39 is 23.4 Å². The van der Waals surface area contributed by atoms with Crippen molar-refractivity contribution in [3.8, 4) is 6.07 Å². The molecule has 0 saturated carbocycles. The van der Waals surface area contributed by atoms with E-state index in [0.717, 1.165) is 15.7 Å². The fourth-order valence-electron chi connectivity index (χ4n) is 3.01. The first-order chi connectivity index (χ1) is 11.0. The zero-order valence-corrected chi connectivity index (χ0v) is 12.8. The highest BCUT2D eigenvalue weighted by atomic mass is 16.3. The van der Waals surface area contributed by atoms with Gasteiger partial charge in [-0.1, -0.05) is 24.3 Å². The number of nitrogens with zero attached hydrogens (tertiary/aromatic N) is 3. The second-order valence-electron chi connectivity index (χ2n) is 5.63. The smallest absolute Gasteiger partial charge is 0.332 e. The summed E-state index contributed by atoms with van der Waals surface area (Å²) in [6, 6.07) is 8.93. The minimum Gasteiger partial charge on any atom is -0.390 e. The molecule has 1 aromatic heterocycles. The van der Waals surface area contributed by atoms with E-state index in [9.17, 15) is 20.0 Å². The molecule has 0 spiro atoms. The van der Waals surface area contributed by atoms with Crippen molar-refractivity contribution in [1.82, 2.24) is 9.13 Å². The SMILES string of the molecule is Cn1c(N[C@@H]2c3ccccc3C[C@@H]2O)c(C#N)c(=O)n(C)c1=O. The molecule has 7 nitrogen and oxygen atoms in total. The molecule has 0 fully saturated rings. The van der Waals surface area contributed by atoms with E-state index in [4.69, 9.17) is 0 Å². The first-order valence-corrected chi connectivity index (χ1v) is 7.18. The molecule has 0 amide bonds. The number of aliphatic hydroxyl groups excluding tert-OH is 1. The van der Waals surface area contributed by atoms with Gasteiger partial charge in [-0.05, 0) is 11.1 Å². The number of fused-ring (bicyclic) bond motifs is 1. The van der Waals surface area contributed by atoms with Gasteiger partial charge in [-0.2, -0.15) is 5.26 Å². The van der Waals surface area contributed by atoms with Gasteiger partial charge in [0.25, 0.3) is 5.56 Å². The molecular weight excluding hydrogens is 296 g/mol. The summed E-state index contributed by atoms with van der Waals surface area (Å²) >= 11 is 0. The Morgan fingerprint density at radius 1 is 1.26 bits per heavy atom. The maximum Gasteiger partial charge on any atom is 0.332 e. The fraction of sp³-hybridized carbons (Fsp3) is 0.312. The van der Waals surface area contributed by atoms with Crippen LogP contribution in [0, 0.1) is 11.3 Å². The summed E-state index contributed by atoms with van der Waals surface area (Å²) < 4.78 is 2.11. The summed E-state index contributed by atoms with van der Waals surface area (Å²) in [6.07, 6.45) is -0.216. The number of aromatic nitrogens is 2. The Hall–Kier alpha value is -2.85. The van der Waals surface area contributed by atoms with Crippen molar-refractivity contribution in [2.45, 2.75) is 18.6 Å². The van der Waals surface area contributed by atoms with Gasteiger partial charge in [0.2, 0.25) is 0 Å². The maximum atomic E-state index is 12.1. The van der Waals surface area contributed by atoms with Crippen LogP contribution in [0.4, 0.5) is 5.82 Å². The average molecular weight is 312 g/mol. The number of nitriles is 1. The lowest BCUT2D eigenvalue weighted by Gasteiger charge is -2.22. The van der Waals surface area contributed by atoms with Gasteiger partial charge in [0, 0.05) is 20.5 Å². The van der Waals surface area contributed by atoms with Gasteiger partial charge in [-0.3, -0.25) is 13.9 Å². The molecule has 23 heavy (non-hydrogen) atoms. The highest BCUT2D eigenvalue weighted by molar-refractivity contribution is 5.54. The molecule has 3 rings (SSSR count). The minimum absolute atomic E-state index is 0.126. The Labute approximate surface area is 132 Å². The molecule has 2 atom stereocenters. The molecule has 0 aliphatic heterocycles. The van der Waals surface area contributed by atoms with Crippen molar-refractivity contribution >= 4 is 5.82 Å². The van der Waals surface area contributed by atoms with Crippen LogP contribution in [-0.4, -0.2) is 20.3 Å². The molecule has 0 unspecified atom stereocenters. The zero-order chi connectivity index (χ0) is 16.7. The fourth-order valence-corrected chi connectivity index (χ4v) is 3.01. The molecule has 0 saturated heterocycles. The molecule has 2 N–H and O–H groups in total. The summed E-state index contributed by atoms with van der Waals surface area (Å²) in [7, 11) is 2.81. The Balaban J connectivity index is 2.14. The van der Waals surface area contributed by atoms with E-state index in [1.165, 1.54) is 18.7 Å². The molecule has 1 heterocycles. The van der Waals surface area contributed by atoms with Crippen LogP contribution in [0.25, 0.3) is 0 Å². The molecule has 118 valence electrons. The topological polar surface area (TPSA) is 100 Å². The third kappa shape index (κ3) is 2.24. The molecule has 1 aliphatic rings. The van der Waals surface area contributed by atoms with E-state index in [1.807, 2.05) is 30.3 Å². The number of hydrogen-bond donors (Lipinski definition) is 2. The van der Waals surface area contributed by atoms with Crippen LogP contribution in [0.5, 0.6) is 0 Å². The standard InChI is InChI=1S/C16H16N4O3/c1-19-14(11(8-17)15(22)20(2)16(19)23)18-13-10-6-4-3-5-9(10)7-12(13)21/h3-6,12-13,18,21H,7H2,1-2H3/t12-,13+/m0/s1. The van der Waals surface area contributed by atoms with Gasteiger partial charge < -0.3 is 10.4 Å². The van der Waals surface area contributed by atoms with E-state index in [2.05, 4.69) is 5.32 Å². The zero-order valence-electron chi connectivity index (χ0n) is 12.8. The molecule has 1 aliphatic carbocycles. The second-order valence-corrected chi connectivity index (χ2v) is 5.63. The minimum atomic E-state index is -0.696. The predicted octanol–water partition coefficient (Wildman–Crippen LogP) is 0.0259. The largest absolute Gasteiger partial charge is 0.390 e. The summed E-state index contributed by atoms with van der Waals surface area (Å²) in [6.45, 7) is 0. The van der Waals surface area contributed by atoms with E-state index in [0.29, 0.717) is 6.42 Å².